The molecule has 2 fully saturated rings. The Labute approximate surface area is 62.3 Å². The first-order valence-corrected chi connectivity index (χ1v) is 4.48. The van der Waals surface area contributed by atoms with E-state index in [9.17, 15) is 0 Å². The van der Waals surface area contributed by atoms with Crippen molar-refractivity contribution in [2.24, 2.45) is 23.7 Å². The number of fused-ring (bicyclic) bond motifs is 3. The molecule has 0 bridgehead atoms. The summed E-state index contributed by atoms with van der Waals surface area (Å²) in [6.07, 6.45) is 2.97. The summed E-state index contributed by atoms with van der Waals surface area (Å²) in [5, 5.41) is 0. The van der Waals surface area contributed by atoms with Crippen molar-refractivity contribution >= 4 is 0 Å². The molecule has 0 aromatic carbocycles. The van der Waals surface area contributed by atoms with E-state index < -0.39 is 0 Å². The van der Waals surface area contributed by atoms with Gasteiger partial charge in [0, 0.05) is 0 Å². The standard InChI is InChI=1S/C10H14/c1-5-3-8-6(2)7-4-9(7)10(5)8/h5,7,9-10H,3-4H2,1-2H3. The molecule has 0 radical (unpaired) electrons. The van der Waals surface area contributed by atoms with Gasteiger partial charge >= 0.3 is 0 Å². The van der Waals surface area contributed by atoms with Crippen LogP contribution in [0.2, 0.25) is 0 Å². The van der Waals surface area contributed by atoms with Crippen molar-refractivity contribution < 1.29 is 0 Å². The molecule has 0 N–H and O–H groups in total. The van der Waals surface area contributed by atoms with Gasteiger partial charge in [-0.25, -0.2) is 0 Å². The molecule has 3 aliphatic rings. The lowest BCUT2D eigenvalue weighted by Gasteiger charge is -2.36. The topological polar surface area (TPSA) is 0 Å². The second-order valence-corrected chi connectivity index (χ2v) is 4.42. The molecule has 10 heavy (non-hydrogen) atoms. The number of allylic oxidation sites excluding steroid dienone is 2. The van der Waals surface area contributed by atoms with Gasteiger partial charge in [0.05, 0.1) is 0 Å². The third kappa shape index (κ3) is 0.398. The Kier molecular flexibility index (Phi) is 0.725. The molecule has 54 valence electrons. The van der Waals surface area contributed by atoms with E-state index in [-0.39, 0.29) is 0 Å². The molecule has 0 aromatic heterocycles. The van der Waals surface area contributed by atoms with E-state index >= 15 is 0 Å². The largest absolute Gasteiger partial charge is 0.0704 e. The van der Waals surface area contributed by atoms with Crippen LogP contribution in [0.5, 0.6) is 0 Å². The molecule has 0 spiro atoms. The fraction of sp³-hybridized carbons (Fsp3) is 0.800. The minimum Gasteiger partial charge on any atom is -0.0704 e. The van der Waals surface area contributed by atoms with Gasteiger partial charge in [0.2, 0.25) is 0 Å². The molecule has 0 saturated heterocycles. The van der Waals surface area contributed by atoms with Crippen LogP contribution in [0.3, 0.4) is 0 Å². The van der Waals surface area contributed by atoms with Gasteiger partial charge in [0.1, 0.15) is 0 Å². The zero-order valence-electron chi connectivity index (χ0n) is 6.72. The Bertz CT molecular complexity index is 224. The van der Waals surface area contributed by atoms with E-state index in [2.05, 4.69) is 13.8 Å². The van der Waals surface area contributed by atoms with Crippen molar-refractivity contribution in [3.8, 4) is 0 Å². The Morgan fingerprint density at radius 3 is 2.70 bits per heavy atom. The van der Waals surface area contributed by atoms with E-state index in [1.165, 1.54) is 12.8 Å². The number of hydrogen-bond acceptors (Lipinski definition) is 0. The zero-order chi connectivity index (χ0) is 6.88. The Balaban J connectivity index is 2.03. The summed E-state index contributed by atoms with van der Waals surface area (Å²) in [7, 11) is 0. The predicted octanol–water partition coefficient (Wildman–Crippen LogP) is 2.61. The highest BCUT2D eigenvalue weighted by Crippen LogP contribution is 2.66. The third-order valence-corrected chi connectivity index (χ3v) is 3.92. The zero-order valence-corrected chi connectivity index (χ0v) is 6.72. The van der Waals surface area contributed by atoms with E-state index in [0.717, 1.165) is 23.7 Å². The van der Waals surface area contributed by atoms with Crippen LogP contribution in [-0.2, 0) is 0 Å². The normalized spacial score (nSPS) is 55.8. The lowest BCUT2D eigenvalue weighted by Crippen LogP contribution is -2.26. The van der Waals surface area contributed by atoms with Gasteiger partial charge in [0.25, 0.3) is 0 Å². The number of hydrogen-bond donors (Lipinski definition) is 0. The predicted molar refractivity (Wildman–Crippen MR) is 41.6 cm³/mol. The van der Waals surface area contributed by atoms with Gasteiger partial charge in [-0.1, -0.05) is 18.1 Å². The van der Waals surface area contributed by atoms with Crippen molar-refractivity contribution in [2.45, 2.75) is 26.7 Å². The summed E-state index contributed by atoms with van der Waals surface area (Å²) in [4.78, 5) is 0. The van der Waals surface area contributed by atoms with E-state index in [4.69, 9.17) is 0 Å². The van der Waals surface area contributed by atoms with Gasteiger partial charge in [0.15, 0.2) is 0 Å². The molecule has 3 aliphatic carbocycles. The molecular formula is C10H14. The molecular weight excluding hydrogens is 120 g/mol. The second kappa shape index (κ2) is 1.34. The van der Waals surface area contributed by atoms with Gasteiger partial charge in [-0.3, -0.25) is 0 Å². The molecule has 0 aromatic rings. The van der Waals surface area contributed by atoms with Gasteiger partial charge in [-0.05, 0) is 43.4 Å². The third-order valence-electron chi connectivity index (χ3n) is 3.92. The lowest BCUT2D eigenvalue weighted by atomic mass is 9.69. The second-order valence-electron chi connectivity index (χ2n) is 4.42. The van der Waals surface area contributed by atoms with Crippen LogP contribution in [0.15, 0.2) is 11.1 Å². The maximum atomic E-state index is 2.42. The number of rotatable bonds is 0. The summed E-state index contributed by atoms with van der Waals surface area (Å²) in [5.74, 6) is 4.27. The fourth-order valence-corrected chi connectivity index (χ4v) is 3.24. The lowest BCUT2D eigenvalue weighted by molar-refractivity contribution is 0.276. The summed E-state index contributed by atoms with van der Waals surface area (Å²) in [6, 6.07) is 0. The van der Waals surface area contributed by atoms with Crippen molar-refractivity contribution in [3.05, 3.63) is 11.1 Å². The van der Waals surface area contributed by atoms with Crippen LogP contribution in [0.25, 0.3) is 0 Å². The summed E-state index contributed by atoms with van der Waals surface area (Å²) < 4.78 is 0. The minimum atomic E-state index is 1.03. The maximum absolute atomic E-state index is 2.42. The van der Waals surface area contributed by atoms with Crippen LogP contribution >= 0.6 is 0 Å². The summed E-state index contributed by atoms with van der Waals surface area (Å²) >= 11 is 0. The van der Waals surface area contributed by atoms with E-state index in [0.29, 0.717) is 0 Å². The Morgan fingerprint density at radius 2 is 2.20 bits per heavy atom. The Hall–Kier alpha value is -0.260. The minimum absolute atomic E-state index is 1.03. The monoisotopic (exact) mass is 134 g/mol. The highest BCUT2D eigenvalue weighted by atomic mass is 14.6. The van der Waals surface area contributed by atoms with Gasteiger partial charge in [-0.2, -0.15) is 0 Å². The first-order chi connectivity index (χ1) is 4.79. The highest BCUT2D eigenvalue weighted by molar-refractivity contribution is 5.38. The van der Waals surface area contributed by atoms with Crippen molar-refractivity contribution in [1.29, 1.82) is 0 Å². The first kappa shape index (κ1) is 5.40. The summed E-state index contributed by atoms with van der Waals surface area (Å²) in [5.41, 5.74) is 3.64. The molecule has 0 amide bonds. The smallest absolute Gasteiger partial charge is 0.0137 e. The highest BCUT2D eigenvalue weighted by Gasteiger charge is 2.57. The average Bonchev–Trinajstić information content (AvgIpc) is 2.57. The van der Waals surface area contributed by atoms with Gasteiger partial charge in [-0.15, -0.1) is 0 Å². The average molecular weight is 134 g/mol. The molecule has 3 rings (SSSR count). The summed E-state index contributed by atoms with van der Waals surface area (Å²) in [6.45, 7) is 4.79. The van der Waals surface area contributed by atoms with Gasteiger partial charge < -0.3 is 0 Å². The van der Waals surface area contributed by atoms with Crippen molar-refractivity contribution in [2.75, 3.05) is 0 Å². The maximum Gasteiger partial charge on any atom is -0.0137 e. The quantitative estimate of drug-likeness (QED) is 0.447. The SMILES string of the molecule is CC1=C2CC(C)C2C2CC12. The Morgan fingerprint density at radius 1 is 1.40 bits per heavy atom. The molecule has 0 heteroatoms. The molecule has 4 unspecified atom stereocenters. The van der Waals surface area contributed by atoms with Crippen molar-refractivity contribution in [3.63, 3.8) is 0 Å². The molecule has 0 aliphatic heterocycles. The van der Waals surface area contributed by atoms with E-state index in [1.807, 2.05) is 5.57 Å². The molecule has 0 heterocycles. The fourth-order valence-electron chi connectivity index (χ4n) is 3.24. The van der Waals surface area contributed by atoms with Crippen LogP contribution in [-0.4, -0.2) is 0 Å². The van der Waals surface area contributed by atoms with E-state index in [1.54, 1.807) is 5.57 Å². The molecule has 2 saturated carbocycles. The van der Waals surface area contributed by atoms with Crippen LogP contribution in [0.4, 0.5) is 0 Å². The van der Waals surface area contributed by atoms with Crippen LogP contribution in [0.1, 0.15) is 26.7 Å². The van der Waals surface area contributed by atoms with Crippen LogP contribution < -0.4 is 0 Å². The molecule has 0 nitrogen and oxygen atoms in total. The molecule has 4 atom stereocenters. The first-order valence-electron chi connectivity index (χ1n) is 4.48. The van der Waals surface area contributed by atoms with Crippen molar-refractivity contribution in [1.82, 2.24) is 0 Å². The van der Waals surface area contributed by atoms with Crippen LogP contribution in [0, 0.1) is 23.7 Å².